The Morgan fingerprint density at radius 2 is 1.70 bits per heavy atom. The first kappa shape index (κ1) is 20.1. The Kier molecular flexibility index (Phi) is 5.53. The third kappa shape index (κ3) is 3.56. The number of ether oxygens (including phenoxy) is 2. The minimum Gasteiger partial charge on any atom is -0.486 e. The fraction of sp³-hybridized carbons (Fsp3) is 0.200. The monoisotopic (exact) mass is 410 g/mol. The summed E-state index contributed by atoms with van der Waals surface area (Å²) in [6.07, 6.45) is 3.65. The predicted molar refractivity (Wildman–Crippen MR) is 111 cm³/mol. The molecule has 1 heterocycles. The third-order valence-corrected chi connectivity index (χ3v) is 5.13. The van der Waals surface area contributed by atoms with Crippen LogP contribution in [0.1, 0.15) is 30.0 Å². The molecule has 30 heavy (non-hydrogen) atoms. The second kappa shape index (κ2) is 8.27. The number of halogens is 3. The molecule has 3 aromatic carbocycles. The molecule has 0 saturated carbocycles. The zero-order chi connectivity index (χ0) is 21.3. The van der Waals surface area contributed by atoms with Crippen molar-refractivity contribution >= 4 is 0 Å². The van der Waals surface area contributed by atoms with Gasteiger partial charge in [0.1, 0.15) is 6.61 Å². The number of aryl methyl sites for hydroxylation is 1. The van der Waals surface area contributed by atoms with Crippen LogP contribution in [0.25, 0.3) is 11.1 Å². The molecule has 0 aromatic heterocycles. The quantitative estimate of drug-likeness (QED) is 0.319. The van der Waals surface area contributed by atoms with Gasteiger partial charge in [0.2, 0.25) is 11.6 Å². The van der Waals surface area contributed by atoms with Crippen LogP contribution in [0.2, 0.25) is 0 Å². The van der Waals surface area contributed by atoms with E-state index in [0.29, 0.717) is 16.7 Å². The highest BCUT2D eigenvalue weighted by Gasteiger charge is 2.29. The summed E-state index contributed by atoms with van der Waals surface area (Å²) in [7, 11) is 0. The lowest BCUT2D eigenvalue weighted by Crippen LogP contribution is -2.10. The average molecular weight is 410 g/mol. The van der Waals surface area contributed by atoms with E-state index in [2.05, 4.69) is 13.5 Å². The van der Waals surface area contributed by atoms with Gasteiger partial charge in [0.15, 0.2) is 23.1 Å². The van der Waals surface area contributed by atoms with E-state index in [9.17, 15) is 13.2 Å². The average Bonchev–Trinajstić information content (AvgIpc) is 2.76. The third-order valence-electron chi connectivity index (χ3n) is 5.13. The van der Waals surface area contributed by atoms with Crippen molar-refractivity contribution in [3.05, 3.63) is 89.3 Å². The summed E-state index contributed by atoms with van der Waals surface area (Å²) in [4.78, 5) is 0. The second-order valence-electron chi connectivity index (χ2n) is 7.23. The molecule has 0 atom stereocenters. The molecule has 0 N–H and O–H groups in total. The second-order valence-corrected chi connectivity index (χ2v) is 7.23. The summed E-state index contributed by atoms with van der Waals surface area (Å²) in [5.74, 6) is -3.33. The van der Waals surface area contributed by atoms with Gasteiger partial charge in [0, 0.05) is 23.1 Å². The van der Waals surface area contributed by atoms with Gasteiger partial charge >= 0.3 is 0 Å². The normalized spacial score (nSPS) is 12.0. The van der Waals surface area contributed by atoms with Crippen LogP contribution in [-0.2, 0) is 12.8 Å². The van der Waals surface area contributed by atoms with Crippen LogP contribution in [-0.4, -0.2) is 6.61 Å². The van der Waals surface area contributed by atoms with Crippen molar-refractivity contribution in [3.8, 4) is 28.4 Å². The van der Waals surface area contributed by atoms with Gasteiger partial charge in [-0.15, -0.1) is 0 Å². The summed E-state index contributed by atoms with van der Waals surface area (Å²) in [6, 6.07) is 12.2. The molecule has 1 aliphatic heterocycles. The number of hydrogen-bond donors (Lipinski definition) is 0. The summed E-state index contributed by atoms with van der Waals surface area (Å²) in [6.45, 7) is 5.73. The largest absolute Gasteiger partial charge is 0.486 e. The molecule has 5 heteroatoms. The molecule has 0 bridgehead atoms. The van der Waals surface area contributed by atoms with Gasteiger partial charge in [-0.2, -0.15) is 8.78 Å². The van der Waals surface area contributed by atoms with Crippen LogP contribution >= 0.6 is 0 Å². The van der Waals surface area contributed by atoms with E-state index >= 15 is 0 Å². The zero-order valence-corrected chi connectivity index (χ0v) is 16.6. The van der Waals surface area contributed by atoms with Gasteiger partial charge in [-0.1, -0.05) is 56.3 Å². The van der Waals surface area contributed by atoms with Crippen LogP contribution in [0.5, 0.6) is 17.2 Å². The highest BCUT2D eigenvalue weighted by Crippen LogP contribution is 2.44. The van der Waals surface area contributed by atoms with Crippen LogP contribution in [0.15, 0.2) is 55.1 Å². The van der Waals surface area contributed by atoms with E-state index in [1.165, 1.54) is 12.1 Å². The standard InChI is InChI=1S/C25H21F3O2/c1-3-5-15-6-8-16(9-7-15)19-14-18-13-17-10-11-20(29-12-4-2)22(27)24(17)30-25(18)23(28)21(19)26/h4,6-11,14H,2-3,5,12-13H2,1H3. The fourth-order valence-electron chi connectivity index (χ4n) is 3.65. The number of hydrogen-bond acceptors (Lipinski definition) is 2. The molecule has 1 aliphatic rings. The predicted octanol–water partition coefficient (Wildman–Crippen LogP) is 6.98. The maximum atomic E-state index is 14.9. The first-order valence-electron chi connectivity index (χ1n) is 9.86. The van der Waals surface area contributed by atoms with Crippen molar-refractivity contribution < 1.29 is 22.6 Å². The first-order chi connectivity index (χ1) is 14.5. The van der Waals surface area contributed by atoms with Gasteiger partial charge in [-0.25, -0.2) is 4.39 Å². The highest BCUT2D eigenvalue weighted by molar-refractivity contribution is 5.69. The Labute approximate surface area is 173 Å². The van der Waals surface area contributed by atoms with E-state index in [1.807, 2.05) is 12.1 Å². The lowest BCUT2D eigenvalue weighted by atomic mass is 9.94. The molecule has 0 amide bonds. The van der Waals surface area contributed by atoms with Gasteiger partial charge < -0.3 is 9.47 Å². The molecule has 0 radical (unpaired) electrons. The Balaban J connectivity index is 1.72. The number of rotatable bonds is 6. The Hall–Kier alpha value is -3.21. The Morgan fingerprint density at radius 1 is 0.967 bits per heavy atom. The number of benzene rings is 3. The maximum Gasteiger partial charge on any atom is 0.207 e. The molecule has 0 spiro atoms. The van der Waals surface area contributed by atoms with Crippen LogP contribution in [0.4, 0.5) is 13.2 Å². The van der Waals surface area contributed by atoms with Crippen molar-refractivity contribution in [1.82, 2.24) is 0 Å². The summed E-state index contributed by atoms with van der Waals surface area (Å²) >= 11 is 0. The van der Waals surface area contributed by atoms with Crippen LogP contribution < -0.4 is 9.47 Å². The topological polar surface area (TPSA) is 18.5 Å². The van der Waals surface area contributed by atoms with Gasteiger partial charge in [-0.3, -0.25) is 0 Å². The molecule has 4 rings (SSSR count). The van der Waals surface area contributed by atoms with E-state index in [-0.39, 0.29) is 35.8 Å². The molecule has 0 saturated heterocycles. The van der Waals surface area contributed by atoms with E-state index in [0.717, 1.165) is 18.4 Å². The summed E-state index contributed by atoms with van der Waals surface area (Å²) in [5.41, 5.74) is 2.89. The Bertz CT molecular complexity index is 1100. The fourth-order valence-corrected chi connectivity index (χ4v) is 3.65. The SMILES string of the molecule is C=CCOc1ccc2c(c1F)Oc1c(cc(-c3ccc(CCC)cc3)c(F)c1F)C2. The molecule has 0 unspecified atom stereocenters. The zero-order valence-electron chi connectivity index (χ0n) is 16.6. The summed E-state index contributed by atoms with van der Waals surface area (Å²) < 4.78 is 55.2. The molecule has 0 fully saturated rings. The van der Waals surface area contributed by atoms with Crippen LogP contribution in [0, 0.1) is 17.5 Å². The van der Waals surface area contributed by atoms with E-state index < -0.39 is 17.5 Å². The molecular weight excluding hydrogens is 389 g/mol. The minimum absolute atomic E-state index is 0.0261. The van der Waals surface area contributed by atoms with Crippen molar-refractivity contribution in [2.75, 3.05) is 6.61 Å². The van der Waals surface area contributed by atoms with Crippen molar-refractivity contribution in [1.29, 1.82) is 0 Å². The van der Waals surface area contributed by atoms with Gasteiger partial charge in [-0.05, 0) is 29.7 Å². The molecule has 3 aromatic rings. The highest BCUT2D eigenvalue weighted by atomic mass is 19.2. The van der Waals surface area contributed by atoms with Gasteiger partial charge in [0.25, 0.3) is 0 Å². The van der Waals surface area contributed by atoms with Crippen molar-refractivity contribution in [2.24, 2.45) is 0 Å². The lowest BCUT2D eigenvalue weighted by Gasteiger charge is -2.23. The molecule has 2 nitrogen and oxygen atoms in total. The van der Waals surface area contributed by atoms with Crippen molar-refractivity contribution in [3.63, 3.8) is 0 Å². The number of fused-ring (bicyclic) bond motifs is 2. The maximum absolute atomic E-state index is 14.9. The van der Waals surface area contributed by atoms with Crippen molar-refractivity contribution in [2.45, 2.75) is 26.2 Å². The smallest absolute Gasteiger partial charge is 0.207 e. The Morgan fingerprint density at radius 3 is 2.40 bits per heavy atom. The lowest BCUT2D eigenvalue weighted by molar-refractivity contribution is 0.325. The first-order valence-corrected chi connectivity index (χ1v) is 9.86. The van der Waals surface area contributed by atoms with Gasteiger partial charge in [0.05, 0.1) is 0 Å². The molecule has 154 valence electrons. The van der Waals surface area contributed by atoms with E-state index in [4.69, 9.17) is 9.47 Å². The molecular formula is C25H21F3O2. The molecule has 0 aliphatic carbocycles. The van der Waals surface area contributed by atoms with E-state index in [1.54, 1.807) is 24.3 Å². The van der Waals surface area contributed by atoms with Crippen LogP contribution in [0.3, 0.4) is 0 Å². The minimum atomic E-state index is -1.12. The summed E-state index contributed by atoms with van der Waals surface area (Å²) in [5, 5.41) is 0.